The van der Waals surface area contributed by atoms with Gasteiger partial charge in [-0.1, -0.05) is 30.3 Å². The van der Waals surface area contributed by atoms with Crippen molar-refractivity contribution in [2.24, 2.45) is 5.92 Å². The number of anilines is 1. The quantitative estimate of drug-likeness (QED) is 0.329. The minimum absolute atomic E-state index is 0.0569. The Morgan fingerprint density at radius 3 is 2.74 bits per heavy atom. The summed E-state index contributed by atoms with van der Waals surface area (Å²) in [5.74, 6) is -0.106. The van der Waals surface area contributed by atoms with E-state index in [1.165, 1.54) is 10.7 Å². The van der Waals surface area contributed by atoms with Crippen LogP contribution in [0.1, 0.15) is 64.0 Å². The summed E-state index contributed by atoms with van der Waals surface area (Å²) < 4.78 is 34.9. The van der Waals surface area contributed by atoms with E-state index in [0.29, 0.717) is 35.5 Å². The molecule has 0 unspecified atom stereocenters. The third kappa shape index (κ3) is 5.38. The maximum atomic E-state index is 13.8. The number of nitrogens with one attached hydrogen (secondary N) is 1. The molecule has 0 aliphatic heterocycles. The zero-order valence-electron chi connectivity index (χ0n) is 18.9. The first-order valence-electron chi connectivity index (χ1n) is 11.6. The van der Waals surface area contributed by atoms with Crippen molar-refractivity contribution in [1.29, 1.82) is 0 Å². The number of rotatable bonds is 8. The molecule has 7 nitrogen and oxygen atoms in total. The number of benzene rings is 1. The number of thiazole rings is 1. The van der Waals surface area contributed by atoms with Crippen LogP contribution >= 0.6 is 11.3 Å². The van der Waals surface area contributed by atoms with Gasteiger partial charge in [0.25, 0.3) is 12.3 Å². The van der Waals surface area contributed by atoms with Crippen LogP contribution < -0.4 is 5.32 Å². The zero-order chi connectivity index (χ0) is 24.2. The minimum atomic E-state index is -2.83. The number of fused-ring (bicyclic) bond motifs is 1. The Kier molecular flexibility index (Phi) is 7.10. The lowest BCUT2D eigenvalue weighted by atomic mass is 9.83. The van der Waals surface area contributed by atoms with Crippen molar-refractivity contribution in [3.63, 3.8) is 0 Å². The summed E-state index contributed by atoms with van der Waals surface area (Å²) >= 11 is 1.06. The van der Waals surface area contributed by atoms with E-state index < -0.39 is 18.0 Å². The first-order valence-corrected chi connectivity index (χ1v) is 12.4. The predicted molar refractivity (Wildman–Crippen MR) is 129 cm³/mol. The highest BCUT2D eigenvalue weighted by atomic mass is 32.1. The molecule has 0 saturated heterocycles. The zero-order valence-corrected chi connectivity index (χ0v) is 19.8. The monoisotopic (exact) mass is 497 g/mol. The maximum absolute atomic E-state index is 13.8. The number of hydrogen-bond donors (Lipinski definition) is 1. The van der Waals surface area contributed by atoms with E-state index >= 15 is 0 Å². The van der Waals surface area contributed by atoms with Crippen LogP contribution in [0.5, 0.6) is 0 Å². The summed E-state index contributed by atoms with van der Waals surface area (Å²) in [5.41, 5.74) is 1.49. The van der Waals surface area contributed by atoms with Crippen molar-refractivity contribution in [3.8, 4) is 0 Å². The lowest BCUT2D eigenvalue weighted by Gasteiger charge is -2.27. The van der Waals surface area contributed by atoms with Crippen molar-refractivity contribution < 1.29 is 18.3 Å². The van der Waals surface area contributed by atoms with Crippen molar-refractivity contribution in [2.75, 3.05) is 11.9 Å². The Labute approximate surface area is 205 Å². The van der Waals surface area contributed by atoms with Gasteiger partial charge < -0.3 is 10.1 Å². The van der Waals surface area contributed by atoms with Gasteiger partial charge in [-0.3, -0.25) is 4.79 Å². The molecule has 0 atom stereocenters. The molecule has 35 heavy (non-hydrogen) atoms. The Morgan fingerprint density at radius 2 is 1.97 bits per heavy atom. The number of alkyl halides is 2. The Hall–Kier alpha value is -3.24. The largest absolute Gasteiger partial charge is 0.376 e. The SMILES string of the molecule is O=C(Nc1cnn2cccnc12)c1sc([C@H]2CC[C@H](COCc3ccccc3)CC2)nc1C(F)F. The average molecular weight is 498 g/mol. The smallest absolute Gasteiger partial charge is 0.282 e. The van der Waals surface area contributed by atoms with Crippen LogP contribution in [0.2, 0.25) is 0 Å². The third-order valence-electron chi connectivity index (χ3n) is 6.27. The molecule has 1 aliphatic rings. The number of halogens is 2. The molecule has 0 bridgehead atoms. The Bertz CT molecular complexity index is 1290. The summed E-state index contributed by atoms with van der Waals surface area (Å²) in [7, 11) is 0. The van der Waals surface area contributed by atoms with E-state index in [2.05, 4.69) is 20.4 Å². The van der Waals surface area contributed by atoms with Crippen molar-refractivity contribution in [1.82, 2.24) is 19.6 Å². The standard InChI is InChI=1S/C25H25F2N5O2S/c26-22(27)20-21(24(33)30-19-13-29-32-12-4-11-28-23(19)32)35-25(31-20)18-9-7-17(8-10-18)15-34-14-16-5-2-1-3-6-16/h1-6,11-13,17-18,22H,7-10,14-15H2,(H,30,33)/t17-,18-. The van der Waals surface area contributed by atoms with Gasteiger partial charge in [-0.05, 0) is 43.2 Å². The molecule has 1 N–H and O–H groups in total. The van der Waals surface area contributed by atoms with Crippen LogP contribution in [0.25, 0.3) is 5.65 Å². The van der Waals surface area contributed by atoms with Crippen molar-refractivity contribution in [3.05, 3.63) is 76.1 Å². The second kappa shape index (κ2) is 10.6. The minimum Gasteiger partial charge on any atom is -0.376 e. The van der Waals surface area contributed by atoms with E-state index in [4.69, 9.17) is 4.74 Å². The molecular formula is C25H25F2N5O2S. The van der Waals surface area contributed by atoms with E-state index in [1.807, 2.05) is 30.3 Å². The van der Waals surface area contributed by atoms with E-state index in [9.17, 15) is 13.6 Å². The first-order chi connectivity index (χ1) is 17.1. The Morgan fingerprint density at radius 1 is 1.17 bits per heavy atom. The van der Waals surface area contributed by atoms with Gasteiger partial charge in [0.1, 0.15) is 16.3 Å². The van der Waals surface area contributed by atoms with Gasteiger partial charge in [0.05, 0.1) is 17.8 Å². The molecule has 3 aromatic heterocycles. The van der Waals surface area contributed by atoms with Gasteiger partial charge in [-0.25, -0.2) is 23.3 Å². The number of nitrogens with zero attached hydrogens (tertiary/aromatic N) is 4. The second-order valence-electron chi connectivity index (χ2n) is 8.69. The van der Waals surface area contributed by atoms with Crippen molar-refractivity contribution >= 4 is 28.6 Å². The molecule has 1 aromatic carbocycles. The second-order valence-corrected chi connectivity index (χ2v) is 9.72. The fourth-order valence-electron chi connectivity index (χ4n) is 4.42. The molecule has 0 radical (unpaired) electrons. The van der Waals surface area contributed by atoms with Crippen LogP contribution in [0.3, 0.4) is 0 Å². The van der Waals surface area contributed by atoms with E-state index in [1.54, 1.807) is 18.5 Å². The first kappa shape index (κ1) is 23.5. The number of hydrogen-bond acceptors (Lipinski definition) is 6. The molecule has 0 spiro atoms. The number of amides is 1. The lowest BCUT2D eigenvalue weighted by molar-refractivity contribution is 0.0715. The van der Waals surface area contributed by atoms with Gasteiger partial charge in [0, 0.05) is 24.9 Å². The summed E-state index contributed by atoms with van der Waals surface area (Å²) in [4.78, 5) is 21.2. The topological polar surface area (TPSA) is 81.4 Å². The molecule has 1 saturated carbocycles. The van der Waals surface area contributed by atoms with Crippen molar-refractivity contribution in [2.45, 2.75) is 44.6 Å². The van der Waals surface area contributed by atoms with Crippen LogP contribution in [-0.4, -0.2) is 32.1 Å². The molecular weight excluding hydrogens is 472 g/mol. The molecule has 3 heterocycles. The van der Waals surface area contributed by atoms with Gasteiger partial charge >= 0.3 is 0 Å². The predicted octanol–water partition coefficient (Wildman–Crippen LogP) is 5.87. The number of ether oxygens (including phenoxy) is 1. The molecule has 4 aromatic rings. The van der Waals surface area contributed by atoms with Gasteiger partial charge in [-0.15, -0.1) is 11.3 Å². The highest BCUT2D eigenvalue weighted by Gasteiger charge is 2.30. The Balaban J connectivity index is 1.21. The van der Waals surface area contributed by atoms with Crippen LogP contribution in [0.4, 0.5) is 14.5 Å². The molecule has 5 rings (SSSR count). The summed E-state index contributed by atoms with van der Waals surface area (Å²) in [6.45, 7) is 1.27. The maximum Gasteiger partial charge on any atom is 0.282 e. The molecule has 1 aliphatic carbocycles. The molecule has 10 heteroatoms. The summed E-state index contributed by atoms with van der Waals surface area (Å²) in [5, 5.41) is 7.39. The van der Waals surface area contributed by atoms with Crippen LogP contribution in [-0.2, 0) is 11.3 Å². The van der Waals surface area contributed by atoms with Crippen LogP contribution in [0, 0.1) is 5.92 Å². The molecule has 1 fully saturated rings. The lowest BCUT2D eigenvalue weighted by Crippen LogP contribution is -2.17. The fraction of sp³-hybridized carbons (Fsp3) is 0.360. The number of aromatic nitrogens is 4. The number of carbonyl (C=O) groups is 1. The summed E-state index contributed by atoms with van der Waals surface area (Å²) in [6.07, 6.45) is 5.46. The molecule has 1 amide bonds. The molecule has 182 valence electrons. The summed E-state index contributed by atoms with van der Waals surface area (Å²) in [6, 6.07) is 11.8. The third-order valence-corrected chi connectivity index (χ3v) is 7.50. The number of carbonyl (C=O) groups excluding carboxylic acids is 1. The fourth-order valence-corrected chi connectivity index (χ4v) is 5.56. The normalized spacial score (nSPS) is 18.3. The van der Waals surface area contributed by atoms with Gasteiger partial charge in [0.2, 0.25) is 0 Å². The van der Waals surface area contributed by atoms with Gasteiger partial charge in [-0.2, -0.15) is 5.10 Å². The van der Waals surface area contributed by atoms with E-state index in [0.717, 1.165) is 42.6 Å². The highest BCUT2D eigenvalue weighted by molar-refractivity contribution is 7.14. The van der Waals surface area contributed by atoms with Gasteiger partial charge in [0.15, 0.2) is 5.65 Å². The van der Waals surface area contributed by atoms with Crippen LogP contribution in [0.15, 0.2) is 55.0 Å². The average Bonchev–Trinajstić information content (AvgIpc) is 3.51. The highest BCUT2D eigenvalue weighted by Crippen LogP contribution is 2.40. The van der Waals surface area contributed by atoms with E-state index in [-0.39, 0.29) is 10.8 Å².